The van der Waals surface area contributed by atoms with E-state index in [0.717, 1.165) is 50.9 Å². The van der Waals surface area contributed by atoms with Gasteiger partial charge >= 0.3 is 14.5 Å². The lowest BCUT2D eigenvalue weighted by molar-refractivity contribution is 0.0489. The Morgan fingerprint density at radius 3 is 1.61 bits per heavy atom. The second-order valence-electron chi connectivity index (χ2n) is 15.9. The molecule has 0 spiro atoms. The number of carbonyl (C=O) groups is 1. The molecule has 0 N–H and O–H groups in total. The minimum Gasteiger partial charge on any atom is -0.494 e. The van der Waals surface area contributed by atoms with E-state index in [1.807, 2.05) is 24.3 Å². The summed E-state index contributed by atoms with van der Waals surface area (Å²) < 4.78 is 26.0. The van der Waals surface area contributed by atoms with E-state index in [-0.39, 0.29) is 28.3 Å². The number of benzene rings is 1. The van der Waals surface area contributed by atoms with E-state index in [1.165, 1.54) is 83.5 Å². The van der Waals surface area contributed by atoms with Gasteiger partial charge < -0.3 is 18.3 Å². The monoisotopic (exact) mass is 656 g/mol. The lowest BCUT2D eigenvalue weighted by atomic mass is 10.0. The van der Waals surface area contributed by atoms with E-state index < -0.39 is 8.56 Å². The number of carbonyl (C=O) groups excluding carboxylic acids is 1. The zero-order valence-corrected chi connectivity index (χ0v) is 31.5. The topological polar surface area (TPSA) is 54.0 Å². The van der Waals surface area contributed by atoms with Gasteiger partial charge in [-0.25, -0.2) is 4.79 Å². The van der Waals surface area contributed by atoms with Crippen LogP contribution in [0.25, 0.3) is 0 Å². The van der Waals surface area contributed by atoms with Crippen molar-refractivity contribution in [3.05, 3.63) is 42.0 Å². The Bertz CT molecular complexity index is 992. The first-order valence-electron chi connectivity index (χ1n) is 18.9. The van der Waals surface area contributed by atoms with Gasteiger partial charge in [0.05, 0.1) is 31.0 Å². The predicted octanol–water partition coefficient (Wildman–Crippen LogP) is 12.0. The van der Waals surface area contributed by atoms with Gasteiger partial charge in [-0.15, -0.1) is 0 Å². The maximum absolute atomic E-state index is 12.4. The van der Waals surface area contributed by atoms with Gasteiger partial charge in [-0.05, 0) is 56.4 Å². The molecule has 5 nitrogen and oxygen atoms in total. The molecule has 5 aliphatic heterocycles. The van der Waals surface area contributed by atoms with Crippen molar-refractivity contribution < 1.29 is 23.1 Å². The van der Waals surface area contributed by atoms with Crippen LogP contribution in [0.5, 0.6) is 5.75 Å². The van der Waals surface area contributed by atoms with Crippen molar-refractivity contribution >= 4 is 14.5 Å². The van der Waals surface area contributed by atoms with E-state index in [0.29, 0.717) is 12.2 Å². The van der Waals surface area contributed by atoms with E-state index in [9.17, 15) is 4.79 Å². The molecule has 6 rings (SSSR count). The van der Waals surface area contributed by atoms with Gasteiger partial charge in [-0.1, -0.05) is 144 Å². The summed E-state index contributed by atoms with van der Waals surface area (Å²) in [6.07, 6.45) is 27.7. The molecule has 0 aliphatic carbocycles. The summed E-state index contributed by atoms with van der Waals surface area (Å²) in [7, 11) is -2.61. The second-order valence-corrected chi connectivity index (χ2v) is 20.6. The molecule has 0 saturated carbocycles. The molecule has 262 valence electrons. The molecule has 0 unspecified atom stereocenters. The normalized spacial score (nSPS) is 25.7. The van der Waals surface area contributed by atoms with E-state index in [1.54, 1.807) is 0 Å². The van der Waals surface area contributed by atoms with Gasteiger partial charge in [0.15, 0.2) is 0 Å². The van der Waals surface area contributed by atoms with E-state index in [4.69, 9.17) is 18.3 Å². The average Bonchev–Trinajstić information content (AvgIpc) is 2.98. The molecular weight excluding hydrogens is 589 g/mol. The molecule has 0 fully saturated rings. The molecule has 46 heavy (non-hydrogen) atoms. The smallest absolute Gasteiger partial charge is 0.350 e. The van der Waals surface area contributed by atoms with Gasteiger partial charge in [-0.2, -0.15) is 0 Å². The SMILES string of the molecule is CC(C)(C)[Si]1(C(C)(C)C)O[C@H]2C/C=C/[C@@H](CCCCCCCCCCOc3ccc(cc3)C(=O)OCCCCCCCCCC2)O1. The summed E-state index contributed by atoms with van der Waals surface area (Å²) in [6, 6.07) is 7.40. The summed E-state index contributed by atoms with van der Waals surface area (Å²) in [5.74, 6) is 0.583. The highest BCUT2D eigenvalue weighted by Gasteiger charge is 2.60. The van der Waals surface area contributed by atoms with Crippen molar-refractivity contribution in [2.75, 3.05) is 13.2 Å². The maximum atomic E-state index is 12.4. The first-order valence-corrected chi connectivity index (χ1v) is 20.8. The Kier molecular flexibility index (Phi) is 16.9. The third-order valence-electron chi connectivity index (χ3n) is 9.77. The minimum absolute atomic E-state index is 0.0161. The van der Waals surface area contributed by atoms with Crippen LogP contribution in [0.3, 0.4) is 0 Å². The zero-order valence-electron chi connectivity index (χ0n) is 30.5. The molecule has 0 saturated heterocycles. The molecule has 1 aromatic carbocycles. The number of esters is 1. The van der Waals surface area contributed by atoms with Crippen LogP contribution in [0.1, 0.15) is 174 Å². The predicted molar refractivity (Wildman–Crippen MR) is 194 cm³/mol. The fraction of sp³-hybridized carbons (Fsp3) is 0.775. The Labute approximate surface area is 283 Å². The first-order chi connectivity index (χ1) is 22.0. The largest absolute Gasteiger partial charge is 0.494 e. The highest BCUT2D eigenvalue weighted by atomic mass is 28.4. The van der Waals surface area contributed by atoms with Crippen LogP contribution in [-0.2, 0) is 13.6 Å². The van der Waals surface area contributed by atoms with Crippen LogP contribution in [0.2, 0.25) is 10.1 Å². The number of rotatable bonds is 0. The second kappa shape index (κ2) is 20.0. The number of hydrogen-bond donors (Lipinski definition) is 0. The molecule has 5 aliphatic rings. The van der Waals surface area contributed by atoms with Crippen LogP contribution in [0.4, 0.5) is 0 Å². The maximum Gasteiger partial charge on any atom is 0.350 e. The first kappa shape index (κ1) is 38.8. The van der Waals surface area contributed by atoms with Gasteiger partial charge in [0, 0.05) is 10.1 Å². The molecule has 6 heteroatoms. The van der Waals surface area contributed by atoms with Crippen molar-refractivity contribution in [1.29, 1.82) is 0 Å². The number of ether oxygens (including phenoxy) is 2. The molecule has 0 amide bonds. The van der Waals surface area contributed by atoms with Crippen LogP contribution >= 0.6 is 0 Å². The minimum atomic E-state index is -2.61. The van der Waals surface area contributed by atoms with E-state index >= 15 is 0 Å². The Morgan fingerprint density at radius 2 is 1.07 bits per heavy atom. The quantitative estimate of drug-likeness (QED) is 0.158. The summed E-state index contributed by atoms with van der Waals surface area (Å²) in [6.45, 7) is 15.3. The summed E-state index contributed by atoms with van der Waals surface area (Å²) in [5.41, 5.74) is 0.598. The molecule has 0 radical (unpaired) electrons. The van der Waals surface area contributed by atoms with Crippen molar-refractivity contribution in [2.45, 2.75) is 186 Å². The van der Waals surface area contributed by atoms with Crippen LogP contribution in [0.15, 0.2) is 36.4 Å². The Balaban J connectivity index is 1.56. The third-order valence-corrected chi connectivity index (χ3v) is 15.0. The fourth-order valence-corrected chi connectivity index (χ4v) is 12.3. The van der Waals surface area contributed by atoms with Gasteiger partial charge in [0.1, 0.15) is 5.75 Å². The molecule has 5 heterocycles. The van der Waals surface area contributed by atoms with Crippen molar-refractivity contribution in [3.63, 3.8) is 0 Å². The standard InChI is InChI=1S/C40H68O5Si/c1-39(2,3)46(40(4,5)6)44-36-24-19-15-11-7-9-13-17-21-32-42-35-30-28-34(29-31-35)38(41)43-33-22-18-14-10-8-12-16-20-25-37(45-46)27-23-26-36/h23,26,28-31,36-37H,7-22,24-25,27,32-33H2,1-6H3/b26-23+/t36-,37-/m1/s1. The highest BCUT2D eigenvalue weighted by molar-refractivity contribution is 6.73. The van der Waals surface area contributed by atoms with Crippen LogP contribution in [0, 0.1) is 0 Å². The van der Waals surface area contributed by atoms with Crippen molar-refractivity contribution in [3.8, 4) is 5.75 Å². The Hall–Kier alpha value is -1.63. The molecule has 1 aromatic rings. The lowest BCUT2D eigenvalue weighted by Gasteiger charge is -2.52. The zero-order chi connectivity index (χ0) is 33.3. The summed E-state index contributed by atoms with van der Waals surface area (Å²) in [4.78, 5) is 12.4. The third kappa shape index (κ3) is 13.1. The molecule has 4 bridgehead atoms. The lowest BCUT2D eigenvalue weighted by Crippen LogP contribution is -2.60. The molecule has 0 aromatic heterocycles. The highest BCUT2D eigenvalue weighted by Crippen LogP contribution is 2.54. The van der Waals surface area contributed by atoms with Gasteiger partial charge in [-0.3, -0.25) is 0 Å². The van der Waals surface area contributed by atoms with Crippen molar-refractivity contribution in [2.24, 2.45) is 0 Å². The number of hydrogen-bond acceptors (Lipinski definition) is 5. The van der Waals surface area contributed by atoms with E-state index in [2.05, 4.69) is 53.7 Å². The van der Waals surface area contributed by atoms with Crippen molar-refractivity contribution in [1.82, 2.24) is 0 Å². The van der Waals surface area contributed by atoms with Gasteiger partial charge in [0.2, 0.25) is 0 Å². The molecule has 2 atom stereocenters. The fourth-order valence-electron chi connectivity index (χ4n) is 7.28. The summed E-state index contributed by atoms with van der Waals surface area (Å²) in [5, 5.41) is -0.0322. The Morgan fingerprint density at radius 1 is 0.587 bits per heavy atom. The van der Waals surface area contributed by atoms with Crippen LogP contribution in [-0.4, -0.2) is 40.0 Å². The summed E-state index contributed by atoms with van der Waals surface area (Å²) >= 11 is 0. The van der Waals surface area contributed by atoms with Crippen LogP contribution < -0.4 is 4.74 Å². The average molecular weight is 657 g/mol. The van der Waals surface area contributed by atoms with Gasteiger partial charge in [0.25, 0.3) is 0 Å². The molecular formula is C40H68O5Si.